The van der Waals surface area contributed by atoms with E-state index in [2.05, 4.69) is 9.97 Å². The molecule has 14 heavy (non-hydrogen) atoms. The number of nitrogens with zero attached hydrogens (tertiary/aromatic N) is 2. The SMILES string of the molecule is COc1ccnc(-c2coc(Cl)n2)c1. The topological polar surface area (TPSA) is 48.2 Å². The van der Waals surface area contributed by atoms with Crippen LogP contribution in [-0.2, 0) is 0 Å². The minimum atomic E-state index is 0.101. The Morgan fingerprint density at radius 2 is 2.29 bits per heavy atom. The summed E-state index contributed by atoms with van der Waals surface area (Å²) in [6, 6.07) is 3.51. The van der Waals surface area contributed by atoms with Gasteiger partial charge in [-0.1, -0.05) is 0 Å². The molecule has 0 N–H and O–H groups in total. The van der Waals surface area contributed by atoms with Crippen molar-refractivity contribution in [1.82, 2.24) is 9.97 Å². The van der Waals surface area contributed by atoms with E-state index in [0.717, 1.165) is 0 Å². The molecule has 0 aliphatic carbocycles. The Morgan fingerprint density at radius 1 is 1.43 bits per heavy atom. The first-order valence-corrected chi connectivity index (χ1v) is 4.29. The number of oxazole rings is 1. The highest BCUT2D eigenvalue weighted by molar-refractivity contribution is 6.27. The fourth-order valence-electron chi connectivity index (χ4n) is 1.05. The summed E-state index contributed by atoms with van der Waals surface area (Å²) in [5, 5.41) is 0.101. The van der Waals surface area contributed by atoms with E-state index >= 15 is 0 Å². The summed E-state index contributed by atoms with van der Waals surface area (Å²) in [4.78, 5) is 8.05. The summed E-state index contributed by atoms with van der Waals surface area (Å²) >= 11 is 5.55. The van der Waals surface area contributed by atoms with Gasteiger partial charge in [0.2, 0.25) is 0 Å². The summed E-state index contributed by atoms with van der Waals surface area (Å²) in [6.07, 6.45) is 3.08. The summed E-state index contributed by atoms with van der Waals surface area (Å²) in [5.74, 6) is 0.717. The molecule has 0 unspecified atom stereocenters. The fourth-order valence-corrected chi connectivity index (χ4v) is 1.18. The molecule has 0 bridgehead atoms. The van der Waals surface area contributed by atoms with Gasteiger partial charge in [-0.15, -0.1) is 0 Å². The molecule has 0 amide bonds. The highest BCUT2D eigenvalue weighted by Crippen LogP contribution is 2.21. The van der Waals surface area contributed by atoms with Crippen LogP contribution >= 0.6 is 11.6 Å². The van der Waals surface area contributed by atoms with Gasteiger partial charge in [0.05, 0.1) is 12.8 Å². The van der Waals surface area contributed by atoms with E-state index < -0.39 is 0 Å². The van der Waals surface area contributed by atoms with E-state index in [1.807, 2.05) is 0 Å². The molecule has 4 nitrogen and oxygen atoms in total. The van der Waals surface area contributed by atoms with Crippen LogP contribution in [0, 0.1) is 0 Å². The van der Waals surface area contributed by atoms with Gasteiger partial charge in [-0.05, 0) is 17.7 Å². The zero-order valence-corrected chi connectivity index (χ0v) is 8.15. The molecule has 2 rings (SSSR count). The Bertz CT molecular complexity index is 442. The van der Waals surface area contributed by atoms with Gasteiger partial charge in [-0.3, -0.25) is 4.98 Å². The first-order chi connectivity index (χ1) is 6.79. The Morgan fingerprint density at radius 3 is 2.93 bits per heavy atom. The van der Waals surface area contributed by atoms with Gasteiger partial charge in [-0.2, -0.15) is 4.98 Å². The van der Waals surface area contributed by atoms with Crippen molar-refractivity contribution in [3.63, 3.8) is 0 Å². The smallest absolute Gasteiger partial charge is 0.292 e. The summed E-state index contributed by atoms with van der Waals surface area (Å²) in [7, 11) is 1.59. The van der Waals surface area contributed by atoms with Crippen LogP contribution in [0.5, 0.6) is 5.75 Å². The average Bonchev–Trinajstić information content (AvgIpc) is 2.65. The van der Waals surface area contributed by atoms with E-state index in [9.17, 15) is 0 Å². The van der Waals surface area contributed by atoms with E-state index in [1.165, 1.54) is 6.26 Å². The van der Waals surface area contributed by atoms with Gasteiger partial charge in [0.1, 0.15) is 17.7 Å². The molecule has 72 valence electrons. The second kappa shape index (κ2) is 3.67. The maximum atomic E-state index is 5.55. The van der Waals surface area contributed by atoms with Crippen molar-refractivity contribution in [2.24, 2.45) is 0 Å². The molecule has 2 aromatic heterocycles. The van der Waals surface area contributed by atoms with Crippen molar-refractivity contribution in [3.8, 4) is 17.1 Å². The summed E-state index contributed by atoms with van der Waals surface area (Å²) < 4.78 is 9.92. The van der Waals surface area contributed by atoms with Gasteiger partial charge in [0, 0.05) is 12.3 Å². The van der Waals surface area contributed by atoms with Gasteiger partial charge in [-0.25, -0.2) is 0 Å². The van der Waals surface area contributed by atoms with Crippen LogP contribution in [-0.4, -0.2) is 17.1 Å². The lowest BCUT2D eigenvalue weighted by Crippen LogP contribution is -1.86. The fraction of sp³-hybridized carbons (Fsp3) is 0.111. The second-order valence-electron chi connectivity index (χ2n) is 2.57. The second-order valence-corrected chi connectivity index (χ2v) is 2.89. The summed E-state index contributed by atoms with van der Waals surface area (Å²) in [5.41, 5.74) is 1.26. The molecular formula is C9H7ClN2O2. The van der Waals surface area contributed by atoms with Gasteiger partial charge in [0.15, 0.2) is 0 Å². The van der Waals surface area contributed by atoms with Crippen LogP contribution in [0.3, 0.4) is 0 Å². The van der Waals surface area contributed by atoms with Crippen molar-refractivity contribution in [2.75, 3.05) is 7.11 Å². The first kappa shape index (κ1) is 9.02. The molecule has 0 radical (unpaired) electrons. The number of aromatic nitrogens is 2. The number of hydrogen-bond acceptors (Lipinski definition) is 4. The third-order valence-corrected chi connectivity index (χ3v) is 1.88. The molecule has 2 heterocycles. The van der Waals surface area contributed by atoms with Crippen molar-refractivity contribution < 1.29 is 9.15 Å². The highest BCUT2D eigenvalue weighted by atomic mass is 35.5. The molecule has 0 fully saturated rings. The molecule has 0 spiro atoms. The van der Waals surface area contributed by atoms with Crippen LogP contribution in [0.1, 0.15) is 0 Å². The van der Waals surface area contributed by atoms with Gasteiger partial charge < -0.3 is 9.15 Å². The van der Waals surface area contributed by atoms with Crippen LogP contribution in [0.2, 0.25) is 5.35 Å². The first-order valence-electron chi connectivity index (χ1n) is 3.91. The van der Waals surface area contributed by atoms with E-state index in [-0.39, 0.29) is 5.35 Å². The molecule has 0 saturated heterocycles. The maximum Gasteiger partial charge on any atom is 0.292 e. The van der Waals surface area contributed by atoms with E-state index in [0.29, 0.717) is 17.1 Å². The largest absolute Gasteiger partial charge is 0.497 e. The maximum absolute atomic E-state index is 5.55. The zero-order chi connectivity index (χ0) is 9.97. The Kier molecular flexibility index (Phi) is 2.37. The molecule has 0 aromatic carbocycles. The van der Waals surface area contributed by atoms with Crippen molar-refractivity contribution in [1.29, 1.82) is 0 Å². The van der Waals surface area contributed by atoms with Crippen LogP contribution in [0.25, 0.3) is 11.4 Å². The van der Waals surface area contributed by atoms with Gasteiger partial charge in [0.25, 0.3) is 5.35 Å². The van der Waals surface area contributed by atoms with Gasteiger partial charge >= 0.3 is 0 Å². The number of ether oxygens (including phenoxy) is 1. The van der Waals surface area contributed by atoms with Crippen LogP contribution in [0.15, 0.2) is 29.0 Å². The standard InChI is InChI=1S/C9H7ClN2O2/c1-13-6-2-3-11-7(4-6)8-5-14-9(10)12-8/h2-5H,1H3. The minimum Gasteiger partial charge on any atom is -0.497 e. The van der Waals surface area contributed by atoms with Crippen LogP contribution < -0.4 is 4.74 Å². The molecule has 0 atom stereocenters. The predicted molar refractivity (Wildman–Crippen MR) is 51.3 cm³/mol. The Balaban J connectivity index is 2.41. The molecular weight excluding hydrogens is 204 g/mol. The predicted octanol–water partition coefficient (Wildman–Crippen LogP) is 2.40. The highest BCUT2D eigenvalue weighted by Gasteiger charge is 2.06. The third kappa shape index (κ3) is 1.70. The number of methoxy groups -OCH3 is 1. The lowest BCUT2D eigenvalue weighted by atomic mass is 10.3. The quantitative estimate of drug-likeness (QED) is 0.764. The number of pyridine rings is 1. The lowest BCUT2D eigenvalue weighted by molar-refractivity contribution is 0.414. The van der Waals surface area contributed by atoms with E-state index in [1.54, 1.807) is 25.4 Å². The number of halogens is 1. The third-order valence-electron chi connectivity index (χ3n) is 1.71. The Hall–Kier alpha value is -1.55. The van der Waals surface area contributed by atoms with Crippen molar-refractivity contribution >= 4 is 11.6 Å². The zero-order valence-electron chi connectivity index (χ0n) is 7.40. The summed E-state index contributed by atoms with van der Waals surface area (Å²) in [6.45, 7) is 0. The molecule has 5 heteroatoms. The molecule has 0 saturated carbocycles. The number of rotatable bonds is 2. The normalized spacial score (nSPS) is 10.1. The monoisotopic (exact) mass is 210 g/mol. The molecule has 0 aliphatic heterocycles. The minimum absolute atomic E-state index is 0.101. The average molecular weight is 211 g/mol. The lowest BCUT2D eigenvalue weighted by Gasteiger charge is -1.99. The van der Waals surface area contributed by atoms with Crippen molar-refractivity contribution in [2.45, 2.75) is 0 Å². The van der Waals surface area contributed by atoms with Crippen molar-refractivity contribution in [3.05, 3.63) is 29.9 Å². The number of hydrogen-bond donors (Lipinski definition) is 0. The van der Waals surface area contributed by atoms with E-state index in [4.69, 9.17) is 20.8 Å². The Labute approximate surface area is 85.5 Å². The van der Waals surface area contributed by atoms with Crippen LogP contribution in [0.4, 0.5) is 0 Å². The molecule has 2 aromatic rings. The molecule has 0 aliphatic rings.